The van der Waals surface area contributed by atoms with E-state index in [1.807, 2.05) is 0 Å². The van der Waals surface area contributed by atoms with Crippen molar-refractivity contribution in [2.45, 2.75) is 22.8 Å². The van der Waals surface area contributed by atoms with Gasteiger partial charge in [-0.1, -0.05) is 0 Å². The second kappa shape index (κ2) is 7.52. The molecule has 0 heterocycles. The number of likely N-dealkylation sites (N-methyl/N-ethyl adjacent to an activating group) is 1. The first kappa shape index (κ1) is 20.3. The number of halogens is 1. The Morgan fingerprint density at radius 3 is 1.95 bits per heavy atom. The molecule has 0 aliphatic heterocycles. The number of sulfonamides is 2. The predicted octanol–water partition coefficient (Wildman–Crippen LogP) is -0.0158. The molecule has 1 atom stereocenters. The van der Waals surface area contributed by atoms with Crippen LogP contribution < -0.4 is 10.5 Å². The van der Waals surface area contributed by atoms with E-state index in [0.717, 1.165) is 4.31 Å². The average molecular weight is 358 g/mol. The van der Waals surface area contributed by atoms with Gasteiger partial charge in [0, 0.05) is 19.6 Å². The Bertz CT molecular complexity index is 659. The molecule has 0 spiro atoms. The lowest BCUT2D eigenvalue weighted by Gasteiger charge is -2.23. The minimum atomic E-state index is -3.68. The van der Waals surface area contributed by atoms with Gasteiger partial charge in [-0.3, -0.25) is 0 Å². The van der Waals surface area contributed by atoms with Crippen molar-refractivity contribution in [3.63, 3.8) is 0 Å². The van der Waals surface area contributed by atoms with Crippen LogP contribution in [0.1, 0.15) is 6.92 Å². The summed E-state index contributed by atoms with van der Waals surface area (Å²) in [5.41, 5.74) is 5.45. The first-order chi connectivity index (χ1) is 9.16. The zero-order valence-electron chi connectivity index (χ0n) is 12.0. The lowest BCUT2D eigenvalue weighted by atomic mass is 10.4. The molecule has 1 aromatic carbocycles. The Hall–Kier alpha value is -0.710. The van der Waals surface area contributed by atoms with Gasteiger partial charge in [0.25, 0.3) is 0 Å². The lowest BCUT2D eigenvalue weighted by Crippen LogP contribution is -2.39. The maximum Gasteiger partial charge on any atom is 0.243 e. The third-order valence-electron chi connectivity index (χ3n) is 3.04. The van der Waals surface area contributed by atoms with E-state index in [1.54, 1.807) is 6.92 Å². The normalized spacial score (nSPS) is 13.8. The van der Waals surface area contributed by atoms with Gasteiger partial charge in [-0.15, -0.1) is 12.4 Å². The second-order valence-corrected chi connectivity index (χ2v) is 8.17. The molecule has 0 aromatic heterocycles. The molecule has 0 fully saturated rings. The Morgan fingerprint density at radius 2 is 1.57 bits per heavy atom. The van der Waals surface area contributed by atoms with Gasteiger partial charge in [-0.25, -0.2) is 21.6 Å². The van der Waals surface area contributed by atoms with Crippen LogP contribution in [0.25, 0.3) is 0 Å². The fraction of sp³-hybridized carbons (Fsp3) is 0.455. The van der Waals surface area contributed by atoms with Crippen LogP contribution in [0.2, 0.25) is 0 Å². The van der Waals surface area contributed by atoms with Crippen LogP contribution in [-0.2, 0) is 20.0 Å². The summed E-state index contributed by atoms with van der Waals surface area (Å²) in [7, 11) is -4.54. The number of nitrogens with two attached hydrogens (primary N) is 1. The molecule has 0 saturated carbocycles. The molecule has 7 nitrogen and oxygen atoms in total. The van der Waals surface area contributed by atoms with E-state index >= 15 is 0 Å². The van der Waals surface area contributed by atoms with Gasteiger partial charge in [0.1, 0.15) is 0 Å². The molecule has 0 saturated heterocycles. The fourth-order valence-electron chi connectivity index (χ4n) is 1.46. The predicted molar refractivity (Wildman–Crippen MR) is 83.4 cm³/mol. The topological polar surface area (TPSA) is 110 Å². The van der Waals surface area contributed by atoms with Gasteiger partial charge in [0.15, 0.2) is 0 Å². The number of benzene rings is 1. The molecule has 1 aromatic rings. The maximum absolute atomic E-state index is 12.3. The largest absolute Gasteiger partial charge is 0.329 e. The Kier molecular flexibility index (Phi) is 7.27. The van der Waals surface area contributed by atoms with Gasteiger partial charge < -0.3 is 5.73 Å². The van der Waals surface area contributed by atoms with Crippen LogP contribution in [-0.4, -0.2) is 47.8 Å². The van der Waals surface area contributed by atoms with E-state index in [1.165, 1.54) is 38.4 Å². The van der Waals surface area contributed by atoms with E-state index in [9.17, 15) is 16.8 Å². The van der Waals surface area contributed by atoms with Crippen molar-refractivity contribution in [1.29, 1.82) is 0 Å². The number of rotatable bonds is 6. The fourth-order valence-corrected chi connectivity index (χ4v) is 3.56. The highest BCUT2D eigenvalue weighted by molar-refractivity contribution is 7.89. The van der Waals surface area contributed by atoms with Crippen molar-refractivity contribution < 1.29 is 16.8 Å². The SMILES string of the molecule is CNS(=O)(=O)c1ccc(S(=O)(=O)N(C)C(C)CN)cc1.Cl. The maximum atomic E-state index is 12.3. The van der Waals surface area contributed by atoms with Gasteiger partial charge in [0.05, 0.1) is 9.79 Å². The number of nitrogens with one attached hydrogen (secondary N) is 1. The van der Waals surface area contributed by atoms with E-state index in [0.29, 0.717) is 0 Å². The monoisotopic (exact) mass is 357 g/mol. The zero-order chi connectivity index (χ0) is 15.6. The second-order valence-electron chi connectivity index (χ2n) is 4.28. The zero-order valence-corrected chi connectivity index (χ0v) is 14.4. The van der Waals surface area contributed by atoms with Crippen LogP contribution in [0.4, 0.5) is 0 Å². The van der Waals surface area contributed by atoms with Crippen LogP contribution in [0.3, 0.4) is 0 Å². The average Bonchev–Trinajstić information content (AvgIpc) is 2.45. The first-order valence-electron chi connectivity index (χ1n) is 5.88. The molecule has 0 amide bonds. The molecule has 122 valence electrons. The van der Waals surface area contributed by atoms with Gasteiger partial charge in [0.2, 0.25) is 20.0 Å². The Balaban J connectivity index is 0.00000400. The Labute approximate surface area is 132 Å². The summed E-state index contributed by atoms with van der Waals surface area (Å²) in [6, 6.07) is 4.68. The standard InChI is InChI=1S/C11H19N3O4S2.ClH/c1-9(8-12)14(3)20(17,18)11-6-4-10(5-7-11)19(15,16)13-2;/h4-7,9,13H,8,12H2,1-3H3;1H. The molecule has 21 heavy (non-hydrogen) atoms. The number of hydrogen-bond acceptors (Lipinski definition) is 5. The molecular formula is C11H20ClN3O4S2. The molecule has 0 bridgehead atoms. The number of hydrogen-bond donors (Lipinski definition) is 2. The minimum absolute atomic E-state index is 0. The quantitative estimate of drug-likeness (QED) is 0.743. The number of nitrogens with zero attached hydrogens (tertiary/aromatic N) is 1. The van der Waals surface area contributed by atoms with E-state index in [-0.39, 0.29) is 34.8 Å². The summed E-state index contributed by atoms with van der Waals surface area (Å²) in [6.45, 7) is 1.89. The summed E-state index contributed by atoms with van der Waals surface area (Å²) in [4.78, 5) is 0.0313. The molecule has 0 aliphatic carbocycles. The lowest BCUT2D eigenvalue weighted by molar-refractivity contribution is 0.394. The van der Waals surface area contributed by atoms with E-state index < -0.39 is 20.0 Å². The van der Waals surface area contributed by atoms with Crippen molar-refractivity contribution in [3.8, 4) is 0 Å². The van der Waals surface area contributed by atoms with Crippen LogP contribution in [0, 0.1) is 0 Å². The van der Waals surface area contributed by atoms with Gasteiger partial charge in [-0.2, -0.15) is 4.31 Å². The van der Waals surface area contributed by atoms with E-state index in [4.69, 9.17) is 5.73 Å². The van der Waals surface area contributed by atoms with Crippen molar-refractivity contribution in [2.75, 3.05) is 20.6 Å². The highest BCUT2D eigenvalue weighted by Crippen LogP contribution is 2.18. The van der Waals surface area contributed by atoms with Crippen LogP contribution >= 0.6 is 12.4 Å². The Morgan fingerprint density at radius 1 is 1.14 bits per heavy atom. The van der Waals surface area contributed by atoms with Gasteiger partial charge in [-0.05, 0) is 38.2 Å². The van der Waals surface area contributed by atoms with Crippen molar-refractivity contribution in [2.24, 2.45) is 5.73 Å². The third kappa shape index (κ3) is 4.38. The third-order valence-corrected chi connectivity index (χ3v) is 6.46. The van der Waals surface area contributed by atoms with Crippen molar-refractivity contribution in [3.05, 3.63) is 24.3 Å². The molecule has 0 aliphatic rings. The molecule has 10 heteroatoms. The van der Waals surface area contributed by atoms with Gasteiger partial charge >= 0.3 is 0 Å². The molecule has 1 unspecified atom stereocenters. The summed E-state index contributed by atoms with van der Waals surface area (Å²) < 4.78 is 51.0. The smallest absolute Gasteiger partial charge is 0.243 e. The van der Waals surface area contributed by atoms with Crippen molar-refractivity contribution in [1.82, 2.24) is 9.03 Å². The molecule has 0 radical (unpaired) electrons. The van der Waals surface area contributed by atoms with Crippen LogP contribution in [0.5, 0.6) is 0 Å². The highest BCUT2D eigenvalue weighted by atomic mass is 35.5. The molecular weight excluding hydrogens is 338 g/mol. The molecule has 3 N–H and O–H groups in total. The molecule has 1 rings (SSSR count). The van der Waals surface area contributed by atoms with Crippen molar-refractivity contribution >= 4 is 32.5 Å². The highest BCUT2D eigenvalue weighted by Gasteiger charge is 2.25. The van der Waals surface area contributed by atoms with Crippen LogP contribution in [0.15, 0.2) is 34.1 Å². The minimum Gasteiger partial charge on any atom is -0.329 e. The summed E-state index contributed by atoms with van der Waals surface area (Å²) in [6.07, 6.45) is 0. The summed E-state index contributed by atoms with van der Waals surface area (Å²) in [5, 5.41) is 0. The summed E-state index contributed by atoms with van der Waals surface area (Å²) >= 11 is 0. The first-order valence-corrected chi connectivity index (χ1v) is 8.81. The van der Waals surface area contributed by atoms with E-state index in [2.05, 4.69) is 4.72 Å². The summed E-state index contributed by atoms with van der Waals surface area (Å²) in [5.74, 6) is 0.